The van der Waals surface area contributed by atoms with Gasteiger partial charge in [-0.1, -0.05) is 19.1 Å². The normalized spacial score (nSPS) is 17.1. The zero-order chi connectivity index (χ0) is 28.5. The standard InChI is InChI=1S/C26H22F7N3O3/c1-2-19-22(30)25(38)36-23(35-19)20-16(26(31,32)33)5-4-13(21(20)29)10-34-24(37)14-8-15(9-14)39-11-12-3-6-17(27)18(28)7-12/h3-7,14-15H,2,8-11H2,1H3,(H,34,37)(H,35,36,38). The number of aryl methyl sites for hydroxylation is 1. The molecular weight excluding hydrogens is 535 g/mol. The van der Waals surface area contributed by atoms with E-state index < -0.39 is 76.0 Å². The van der Waals surface area contributed by atoms with Crippen molar-refractivity contribution < 1.29 is 40.3 Å². The minimum atomic E-state index is -5.02. The first kappa shape index (κ1) is 28.3. The number of carbonyl (C=O) groups is 1. The van der Waals surface area contributed by atoms with Crippen LogP contribution in [-0.2, 0) is 35.3 Å². The molecule has 0 aliphatic heterocycles. The molecule has 2 aromatic carbocycles. The van der Waals surface area contributed by atoms with Gasteiger partial charge in [-0.05, 0) is 43.0 Å². The van der Waals surface area contributed by atoms with Crippen molar-refractivity contribution in [2.75, 3.05) is 0 Å². The Labute approximate surface area is 217 Å². The minimum absolute atomic E-state index is 0.00894. The van der Waals surface area contributed by atoms with E-state index >= 15 is 4.39 Å². The molecule has 0 spiro atoms. The van der Waals surface area contributed by atoms with Crippen molar-refractivity contribution >= 4 is 5.91 Å². The number of aromatic amines is 1. The second kappa shape index (κ2) is 11.2. The zero-order valence-electron chi connectivity index (χ0n) is 20.4. The van der Waals surface area contributed by atoms with Crippen LogP contribution in [0.15, 0.2) is 35.1 Å². The van der Waals surface area contributed by atoms with Gasteiger partial charge in [-0.2, -0.15) is 17.6 Å². The van der Waals surface area contributed by atoms with Crippen LogP contribution in [0.5, 0.6) is 0 Å². The summed E-state index contributed by atoms with van der Waals surface area (Å²) in [5, 5.41) is 2.47. The number of nitrogens with zero attached hydrogens (tertiary/aromatic N) is 1. The third kappa shape index (κ3) is 6.13. The van der Waals surface area contributed by atoms with E-state index in [0.29, 0.717) is 24.5 Å². The fourth-order valence-electron chi connectivity index (χ4n) is 4.17. The summed E-state index contributed by atoms with van der Waals surface area (Å²) < 4.78 is 102. The summed E-state index contributed by atoms with van der Waals surface area (Å²) in [4.78, 5) is 29.9. The second-order valence-corrected chi connectivity index (χ2v) is 9.06. The molecule has 1 aromatic heterocycles. The van der Waals surface area contributed by atoms with Gasteiger partial charge < -0.3 is 15.0 Å². The fraction of sp³-hybridized carbons (Fsp3) is 0.346. The van der Waals surface area contributed by atoms with E-state index in [9.17, 15) is 35.9 Å². The molecule has 0 bridgehead atoms. The number of nitrogens with one attached hydrogen (secondary N) is 2. The summed E-state index contributed by atoms with van der Waals surface area (Å²) >= 11 is 0. The third-order valence-corrected chi connectivity index (χ3v) is 6.42. The Balaban J connectivity index is 1.43. The van der Waals surface area contributed by atoms with E-state index in [0.717, 1.165) is 18.2 Å². The number of halogens is 7. The van der Waals surface area contributed by atoms with Crippen molar-refractivity contribution in [3.8, 4) is 11.4 Å². The monoisotopic (exact) mass is 557 g/mol. The van der Waals surface area contributed by atoms with Crippen LogP contribution in [0.3, 0.4) is 0 Å². The smallest absolute Gasteiger partial charge is 0.373 e. The maximum absolute atomic E-state index is 15.4. The largest absolute Gasteiger partial charge is 0.417 e. The lowest BCUT2D eigenvalue weighted by Gasteiger charge is -2.34. The van der Waals surface area contributed by atoms with Gasteiger partial charge in [0.05, 0.1) is 29.5 Å². The Morgan fingerprint density at radius 2 is 1.79 bits per heavy atom. The van der Waals surface area contributed by atoms with E-state index in [-0.39, 0.29) is 24.7 Å². The van der Waals surface area contributed by atoms with Gasteiger partial charge in [-0.25, -0.2) is 18.2 Å². The average molecular weight is 557 g/mol. The number of rotatable bonds is 8. The van der Waals surface area contributed by atoms with Gasteiger partial charge in [0.1, 0.15) is 11.6 Å². The number of aromatic nitrogens is 2. The number of alkyl halides is 3. The molecule has 1 aliphatic carbocycles. The van der Waals surface area contributed by atoms with Crippen LogP contribution in [0, 0.1) is 29.2 Å². The Hall–Kier alpha value is -3.74. The van der Waals surface area contributed by atoms with Crippen LogP contribution >= 0.6 is 0 Å². The number of amides is 1. The molecular formula is C26H22F7N3O3. The van der Waals surface area contributed by atoms with Crippen molar-refractivity contribution in [3.05, 3.63) is 86.3 Å². The number of H-pyrrole nitrogens is 1. The maximum atomic E-state index is 15.4. The SMILES string of the molecule is CCc1nc(-c2c(C(F)(F)F)ccc(CNC(=O)C3CC(OCc4ccc(F)c(F)c4)C3)c2F)[nH]c(=O)c1F. The Bertz CT molecular complexity index is 1450. The van der Waals surface area contributed by atoms with Crippen LogP contribution in [0.2, 0.25) is 0 Å². The molecule has 6 nitrogen and oxygen atoms in total. The van der Waals surface area contributed by atoms with Crippen molar-refractivity contribution in [2.45, 2.75) is 51.6 Å². The first-order chi connectivity index (χ1) is 18.4. The predicted molar refractivity (Wildman–Crippen MR) is 124 cm³/mol. The Morgan fingerprint density at radius 3 is 2.44 bits per heavy atom. The molecule has 208 valence electrons. The number of ether oxygens (including phenoxy) is 1. The van der Waals surface area contributed by atoms with Crippen LogP contribution in [0.25, 0.3) is 11.4 Å². The first-order valence-corrected chi connectivity index (χ1v) is 11.9. The molecule has 2 N–H and O–H groups in total. The molecule has 0 saturated heterocycles. The van der Waals surface area contributed by atoms with Gasteiger partial charge >= 0.3 is 6.18 Å². The molecule has 0 unspecified atom stereocenters. The number of hydrogen-bond donors (Lipinski definition) is 2. The number of carbonyl (C=O) groups excluding carboxylic acids is 1. The van der Waals surface area contributed by atoms with Crippen LogP contribution in [0.1, 0.15) is 42.1 Å². The molecule has 4 rings (SSSR count). The van der Waals surface area contributed by atoms with Gasteiger partial charge in [0, 0.05) is 18.0 Å². The van der Waals surface area contributed by atoms with E-state index in [1.165, 1.54) is 13.0 Å². The zero-order valence-corrected chi connectivity index (χ0v) is 20.4. The molecule has 13 heteroatoms. The van der Waals surface area contributed by atoms with E-state index in [1.807, 2.05) is 4.98 Å². The molecule has 3 aromatic rings. The van der Waals surface area contributed by atoms with E-state index in [2.05, 4.69) is 10.3 Å². The fourth-order valence-corrected chi connectivity index (χ4v) is 4.17. The highest BCUT2D eigenvalue weighted by atomic mass is 19.4. The Kier molecular flexibility index (Phi) is 8.09. The van der Waals surface area contributed by atoms with Gasteiger partial charge in [0.15, 0.2) is 11.6 Å². The molecule has 39 heavy (non-hydrogen) atoms. The second-order valence-electron chi connectivity index (χ2n) is 9.06. The lowest BCUT2D eigenvalue weighted by molar-refractivity contribution is -0.137. The van der Waals surface area contributed by atoms with Crippen molar-refractivity contribution in [2.24, 2.45) is 5.92 Å². The summed E-state index contributed by atoms with van der Waals surface area (Å²) in [6, 6.07) is 4.81. The number of hydrogen-bond acceptors (Lipinski definition) is 4. The van der Waals surface area contributed by atoms with E-state index in [1.54, 1.807) is 0 Å². The average Bonchev–Trinajstić information content (AvgIpc) is 2.85. The van der Waals surface area contributed by atoms with Crippen LogP contribution < -0.4 is 10.9 Å². The lowest BCUT2D eigenvalue weighted by atomic mass is 9.81. The minimum Gasteiger partial charge on any atom is -0.373 e. The lowest BCUT2D eigenvalue weighted by Crippen LogP contribution is -2.42. The van der Waals surface area contributed by atoms with Gasteiger partial charge in [-0.15, -0.1) is 0 Å². The van der Waals surface area contributed by atoms with Crippen molar-refractivity contribution in [1.82, 2.24) is 15.3 Å². The van der Waals surface area contributed by atoms with E-state index in [4.69, 9.17) is 4.74 Å². The predicted octanol–water partition coefficient (Wildman–Crippen LogP) is 5.19. The van der Waals surface area contributed by atoms with Crippen LogP contribution in [-0.4, -0.2) is 22.0 Å². The van der Waals surface area contributed by atoms with Gasteiger partial charge in [-0.3, -0.25) is 9.59 Å². The summed E-state index contributed by atoms with van der Waals surface area (Å²) in [7, 11) is 0. The summed E-state index contributed by atoms with van der Waals surface area (Å²) in [5.74, 6) is -6.40. The molecule has 1 amide bonds. The summed E-state index contributed by atoms with van der Waals surface area (Å²) in [5.41, 5.74) is -4.14. The first-order valence-electron chi connectivity index (χ1n) is 11.9. The van der Waals surface area contributed by atoms with Gasteiger partial charge in [0.2, 0.25) is 11.7 Å². The Morgan fingerprint density at radius 1 is 1.08 bits per heavy atom. The van der Waals surface area contributed by atoms with Crippen molar-refractivity contribution in [1.29, 1.82) is 0 Å². The summed E-state index contributed by atoms with van der Waals surface area (Å²) in [6.45, 7) is 0.980. The van der Waals surface area contributed by atoms with Crippen LogP contribution in [0.4, 0.5) is 30.7 Å². The maximum Gasteiger partial charge on any atom is 0.417 e. The molecule has 1 fully saturated rings. The number of benzene rings is 2. The topological polar surface area (TPSA) is 84.1 Å². The molecule has 1 heterocycles. The highest BCUT2D eigenvalue weighted by Crippen LogP contribution is 2.38. The van der Waals surface area contributed by atoms with Gasteiger partial charge in [0.25, 0.3) is 5.56 Å². The third-order valence-electron chi connectivity index (χ3n) is 6.42. The van der Waals surface area contributed by atoms with Crippen molar-refractivity contribution in [3.63, 3.8) is 0 Å². The summed E-state index contributed by atoms with van der Waals surface area (Å²) in [6.07, 6.45) is -4.85. The highest BCUT2D eigenvalue weighted by molar-refractivity contribution is 5.79. The quantitative estimate of drug-likeness (QED) is 0.374. The molecule has 1 aliphatic rings. The molecule has 0 atom stereocenters. The molecule has 0 radical (unpaired) electrons. The molecule has 1 saturated carbocycles. The highest BCUT2D eigenvalue weighted by Gasteiger charge is 2.38.